The quantitative estimate of drug-likeness (QED) is 0.561. The van der Waals surface area contributed by atoms with Crippen molar-refractivity contribution in [2.75, 3.05) is 0 Å². The van der Waals surface area contributed by atoms with Crippen LogP contribution < -0.4 is 0 Å². The van der Waals surface area contributed by atoms with Crippen molar-refractivity contribution < 1.29 is 9.90 Å². The number of aliphatic hydroxyl groups is 1. The normalized spacial score (nSPS) is 45.2. The van der Waals surface area contributed by atoms with Gasteiger partial charge in [0.15, 0.2) is 0 Å². The van der Waals surface area contributed by atoms with Gasteiger partial charge in [-0.1, -0.05) is 39.3 Å². The molecular formula is C26H42O2. The molecule has 0 aromatic carbocycles. The third-order valence-electron chi connectivity index (χ3n) is 9.89. The molecular weight excluding hydrogens is 344 g/mol. The third-order valence-corrected chi connectivity index (χ3v) is 9.89. The van der Waals surface area contributed by atoms with Crippen molar-refractivity contribution >= 4 is 5.78 Å². The second-order valence-corrected chi connectivity index (χ2v) is 11.5. The van der Waals surface area contributed by atoms with Gasteiger partial charge >= 0.3 is 0 Å². The first kappa shape index (κ1) is 20.6. The fourth-order valence-corrected chi connectivity index (χ4v) is 8.04. The first-order valence-corrected chi connectivity index (χ1v) is 12.2. The number of Topliss-reactive ketones (excluding diaryl/α,β-unsaturated/α-hetero) is 1. The number of rotatable bonds is 5. The smallest absolute Gasteiger partial charge is 0.135 e. The molecule has 3 fully saturated rings. The number of carbonyl (C=O) groups is 1. The lowest BCUT2D eigenvalue weighted by Crippen LogP contribution is -2.50. The Morgan fingerprint density at radius 2 is 1.93 bits per heavy atom. The summed E-state index contributed by atoms with van der Waals surface area (Å²) >= 11 is 0. The molecule has 4 aliphatic rings. The van der Waals surface area contributed by atoms with Gasteiger partial charge in [-0.15, -0.1) is 0 Å². The van der Waals surface area contributed by atoms with Crippen LogP contribution in [0, 0.1) is 40.4 Å². The van der Waals surface area contributed by atoms with Crippen LogP contribution in [0.25, 0.3) is 0 Å². The number of allylic oxidation sites excluding steroid dienone is 1. The fourth-order valence-electron chi connectivity index (χ4n) is 8.04. The molecule has 2 heteroatoms. The Bertz CT molecular complexity index is 634. The summed E-state index contributed by atoms with van der Waals surface area (Å²) in [7, 11) is 0. The summed E-state index contributed by atoms with van der Waals surface area (Å²) in [6.07, 6.45) is 15.5. The predicted molar refractivity (Wildman–Crippen MR) is 115 cm³/mol. The molecule has 4 aliphatic carbocycles. The van der Waals surface area contributed by atoms with Gasteiger partial charge in [-0.3, -0.25) is 4.79 Å². The number of carbonyl (C=O) groups excluding carboxylic acids is 1. The van der Waals surface area contributed by atoms with Crippen LogP contribution in [0.15, 0.2) is 11.6 Å². The van der Waals surface area contributed by atoms with Gasteiger partial charge in [-0.05, 0) is 98.7 Å². The topological polar surface area (TPSA) is 37.3 Å². The monoisotopic (exact) mass is 386 g/mol. The predicted octanol–water partition coefficient (Wildman–Crippen LogP) is 6.32. The zero-order valence-electron chi connectivity index (χ0n) is 18.7. The molecule has 0 heterocycles. The Kier molecular flexibility index (Phi) is 5.57. The highest BCUT2D eigenvalue weighted by Gasteiger charge is 2.58. The molecule has 0 radical (unpaired) electrons. The van der Waals surface area contributed by atoms with Crippen molar-refractivity contribution in [3.63, 3.8) is 0 Å². The van der Waals surface area contributed by atoms with Gasteiger partial charge < -0.3 is 5.11 Å². The lowest BCUT2D eigenvalue weighted by atomic mass is 9.47. The van der Waals surface area contributed by atoms with Crippen LogP contribution in [-0.4, -0.2) is 17.0 Å². The number of ketones is 1. The minimum Gasteiger partial charge on any atom is -0.393 e. The van der Waals surface area contributed by atoms with Gasteiger partial charge in [0.25, 0.3) is 0 Å². The number of hydrogen-bond donors (Lipinski definition) is 1. The van der Waals surface area contributed by atoms with E-state index in [1.165, 1.54) is 44.9 Å². The van der Waals surface area contributed by atoms with E-state index in [9.17, 15) is 9.90 Å². The average Bonchev–Trinajstić information content (AvgIpc) is 2.99. The van der Waals surface area contributed by atoms with Gasteiger partial charge in [0.05, 0.1) is 6.10 Å². The Morgan fingerprint density at radius 1 is 1.14 bits per heavy atom. The molecule has 0 bridgehead atoms. The van der Waals surface area contributed by atoms with Crippen LogP contribution in [0.3, 0.4) is 0 Å². The molecule has 0 aromatic heterocycles. The Balaban J connectivity index is 1.45. The molecule has 3 saturated carbocycles. The van der Waals surface area contributed by atoms with E-state index in [1.54, 1.807) is 5.57 Å². The molecule has 4 rings (SSSR count). The summed E-state index contributed by atoms with van der Waals surface area (Å²) < 4.78 is 0. The molecule has 158 valence electrons. The number of aliphatic hydroxyl groups excluding tert-OH is 1. The second kappa shape index (κ2) is 7.56. The Morgan fingerprint density at radius 3 is 2.68 bits per heavy atom. The summed E-state index contributed by atoms with van der Waals surface area (Å²) in [5.41, 5.74) is 2.43. The van der Waals surface area contributed by atoms with Crippen molar-refractivity contribution in [2.45, 2.75) is 104 Å². The molecule has 0 amide bonds. The van der Waals surface area contributed by atoms with Crippen LogP contribution >= 0.6 is 0 Å². The van der Waals surface area contributed by atoms with Gasteiger partial charge in [0.1, 0.15) is 5.78 Å². The maximum absolute atomic E-state index is 12.0. The van der Waals surface area contributed by atoms with Crippen molar-refractivity contribution in [1.29, 1.82) is 0 Å². The van der Waals surface area contributed by atoms with E-state index in [4.69, 9.17) is 0 Å². The standard InChI is InChI=1S/C26H42O2/c1-17(2)24(28)7-5-6-18-9-11-22-21-10-8-19-16-20(27)12-14-26(19,4)23(21)13-15-25(18,22)3/h8,17-18,20-23,27H,5-7,9-16H2,1-4H3. The second-order valence-electron chi connectivity index (χ2n) is 11.5. The van der Waals surface area contributed by atoms with Crippen LogP contribution in [0.5, 0.6) is 0 Å². The summed E-state index contributed by atoms with van der Waals surface area (Å²) in [4.78, 5) is 12.0. The minimum absolute atomic E-state index is 0.103. The third kappa shape index (κ3) is 3.32. The van der Waals surface area contributed by atoms with Crippen molar-refractivity contribution in [2.24, 2.45) is 40.4 Å². The zero-order valence-corrected chi connectivity index (χ0v) is 18.7. The highest BCUT2D eigenvalue weighted by Crippen LogP contribution is 2.66. The average molecular weight is 387 g/mol. The molecule has 7 atom stereocenters. The van der Waals surface area contributed by atoms with E-state index < -0.39 is 0 Å². The zero-order chi connectivity index (χ0) is 20.1. The highest BCUT2D eigenvalue weighted by atomic mass is 16.3. The van der Waals surface area contributed by atoms with E-state index in [0.29, 0.717) is 16.6 Å². The molecule has 28 heavy (non-hydrogen) atoms. The molecule has 2 nitrogen and oxygen atoms in total. The SMILES string of the molecule is CC(C)C(=O)CCCC1CCC2C3CC=C4CC(O)CCC4(C)C3CCC12C. The first-order valence-electron chi connectivity index (χ1n) is 12.2. The molecule has 0 aliphatic heterocycles. The summed E-state index contributed by atoms with van der Waals surface area (Å²) in [6, 6.07) is 0. The molecule has 7 unspecified atom stereocenters. The molecule has 0 spiro atoms. The van der Waals surface area contributed by atoms with Crippen LogP contribution in [0.4, 0.5) is 0 Å². The Hall–Kier alpha value is -0.630. The van der Waals surface area contributed by atoms with Gasteiger partial charge in [0.2, 0.25) is 0 Å². The van der Waals surface area contributed by atoms with E-state index in [0.717, 1.165) is 49.4 Å². The number of fused-ring (bicyclic) bond motifs is 5. The first-order chi connectivity index (χ1) is 13.3. The van der Waals surface area contributed by atoms with Gasteiger partial charge in [-0.25, -0.2) is 0 Å². The fraction of sp³-hybridized carbons (Fsp3) is 0.885. The lowest BCUT2D eigenvalue weighted by Gasteiger charge is -2.58. The van der Waals surface area contributed by atoms with Gasteiger partial charge in [-0.2, -0.15) is 0 Å². The van der Waals surface area contributed by atoms with Crippen LogP contribution in [0.1, 0.15) is 98.3 Å². The summed E-state index contributed by atoms with van der Waals surface area (Å²) in [5.74, 6) is 4.02. The Labute approximate surface area is 172 Å². The minimum atomic E-state index is -0.103. The molecule has 0 saturated heterocycles. The van der Waals surface area contributed by atoms with E-state index in [1.807, 2.05) is 13.8 Å². The highest BCUT2D eigenvalue weighted by molar-refractivity contribution is 5.80. The van der Waals surface area contributed by atoms with Crippen molar-refractivity contribution in [3.05, 3.63) is 11.6 Å². The van der Waals surface area contributed by atoms with Crippen molar-refractivity contribution in [1.82, 2.24) is 0 Å². The van der Waals surface area contributed by atoms with E-state index in [-0.39, 0.29) is 12.0 Å². The van der Waals surface area contributed by atoms with Crippen LogP contribution in [-0.2, 0) is 4.79 Å². The van der Waals surface area contributed by atoms with Gasteiger partial charge in [0, 0.05) is 12.3 Å². The summed E-state index contributed by atoms with van der Waals surface area (Å²) in [6.45, 7) is 9.19. The molecule has 1 N–H and O–H groups in total. The van der Waals surface area contributed by atoms with E-state index in [2.05, 4.69) is 19.9 Å². The van der Waals surface area contributed by atoms with Crippen LogP contribution in [0.2, 0.25) is 0 Å². The van der Waals surface area contributed by atoms with Crippen molar-refractivity contribution in [3.8, 4) is 0 Å². The maximum Gasteiger partial charge on any atom is 0.135 e. The number of hydrogen-bond acceptors (Lipinski definition) is 2. The largest absolute Gasteiger partial charge is 0.393 e. The molecule has 0 aromatic rings. The summed E-state index contributed by atoms with van der Waals surface area (Å²) in [5, 5.41) is 10.2. The van der Waals surface area contributed by atoms with E-state index >= 15 is 0 Å². The lowest BCUT2D eigenvalue weighted by molar-refractivity contribution is -0.122. The maximum atomic E-state index is 12.0.